The zero-order valence-corrected chi connectivity index (χ0v) is 12.8. The Morgan fingerprint density at radius 2 is 1.65 bits per heavy atom. The lowest BCUT2D eigenvalue weighted by Crippen LogP contribution is -2.23. The third kappa shape index (κ3) is 3.20. The van der Waals surface area contributed by atoms with Crippen LogP contribution in [0.25, 0.3) is 0 Å². The largest absolute Gasteiger partial charge is 0.307 e. The minimum atomic E-state index is -0.185. The summed E-state index contributed by atoms with van der Waals surface area (Å²) in [5.74, 6) is -0.185. The minimum Gasteiger partial charge on any atom is -0.307 e. The molecule has 0 aromatic heterocycles. The topological polar surface area (TPSA) is 12.0 Å². The molecular weight excluding hydrogens is 273 g/mol. The van der Waals surface area contributed by atoms with Gasteiger partial charge in [-0.25, -0.2) is 4.39 Å². The average molecular weight is 292 g/mol. The number of hydrogen-bond donors (Lipinski definition) is 1. The molecule has 3 heteroatoms. The van der Waals surface area contributed by atoms with Gasteiger partial charge in [0.15, 0.2) is 0 Å². The summed E-state index contributed by atoms with van der Waals surface area (Å²) >= 11 is 5.95. The molecule has 20 heavy (non-hydrogen) atoms. The first-order valence-corrected chi connectivity index (χ1v) is 7.16. The van der Waals surface area contributed by atoms with E-state index in [2.05, 4.69) is 12.2 Å². The molecule has 0 spiro atoms. The molecule has 0 aliphatic heterocycles. The first-order valence-electron chi connectivity index (χ1n) is 6.78. The van der Waals surface area contributed by atoms with Gasteiger partial charge in [0, 0.05) is 5.02 Å². The van der Waals surface area contributed by atoms with Crippen LogP contribution in [0.3, 0.4) is 0 Å². The van der Waals surface area contributed by atoms with Gasteiger partial charge in [-0.2, -0.15) is 0 Å². The maximum absolute atomic E-state index is 13.5. The highest BCUT2D eigenvalue weighted by atomic mass is 35.5. The molecule has 106 valence electrons. The first kappa shape index (κ1) is 15.0. The van der Waals surface area contributed by atoms with Crippen LogP contribution >= 0.6 is 11.6 Å². The van der Waals surface area contributed by atoms with Gasteiger partial charge in [-0.05, 0) is 66.9 Å². The molecular formula is C17H19ClFN. The zero-order chi connectivity index (χ0) is 14.7. The van der Waals surface area contributed by atoms with Gasteiger partial charge in [0.05, 0.1) is 6.04 Å². The van der Waals surface area contributed by atoms with Crippen LogP contribution in [0.5, 0.6) is 0 Å². The molecule has 0 saturated carbocycles. The van der Waals surface area contributed by atoms with E-state index >= 15 is 0 Å². The van der Waals surface area contributed by atoms with E-state index in [4.69, 9.17) is 11.6 Å². The number of nitrogens with one attached hydrogen (secondary N) is 1. The Bertz CT molecular complexity index is 569. The molecule has 2 rings (SSSR count). The van der Waals surface area contributed by atoms with Gasteiger partial charge in [0.1, 0.15) is 5.82 Å². The van der Waals surface area contributed by atoms with Gasteiger partial charge in [0.2, 0.25) is 0 Å². The summed E-state index contributed by atoms with van der Waals surface area (Å²) in [5.41, 5.74) is 4.19. The highest BCUT2D eigenvalue weighted by Crippen LogP contribution is 2.29. The molecule has 0 radical (unpaired) electrons. The number of rotatable bonds is 4. The second-order valence-corrected chi connectivity index (χ2v) is 5.43. The predicted molar refractivity (Wildman–Crippen MR) is 82.8 cm³/mol. The molecule has 1 atom stereocenters. The Kier molecular flexibility index (Phi) is 4.79. The van der Waals surface area contributed by atoms with Crippen molar-refractivity contribution in [2.24, 2.45) is 0 Å². The number of halogens is 2. The molecule has 0 heterocycles. The molecule has 0 amide bonds. The van der Waals surface area contributed by atoms with Crippen molar-refractivity contribution in [1.29, 1.82) is 0 Å². The summed E-state index contributed by atoms with van der Waals surface area (Å²) in [4.78, 5) is 0. The SMILES string of the molecule is CCNC(c1ccc(Cl)cc1)c1c(C)cc(F)cc1C. The van der Waals surface area contributed by atoms with Crippen LogP contribution in [-0.2, 0) is 0 Å². The molecule has 0 aliphatic carbocycles. The Morgan fingerprint density at radius 3 is 2.15 bits per heavy atom. The van der Waals surface area contributed by atoms with Crippen LogP contribution in [0.1, 0.15) is 35.2 Å². The van der Waals surface area contributed by atoms with E-state index in [1.54, 1.807) is 12.1 Å². The number of benzene rings is 2. The predicted octanol–water partition coefficient (Wildman–Crippen LogP) is 4.79. The first-order chi connectivity index (χ1) is 9.52. The standard InChI is InChI=1S/C17H19ClFN/c1-4-20-17(13-5-7-14(18)8-6-13)16-11(2)9-15(19)10-12(16)3/h5-10,17,20H,4H2,1-3H3. The normalized spacial score (nSPS) is 12.4. The smallest absolute Gasteiger partial charge is 0.123 e. The van der Waals surface area contributed by atoms with Crippen molar-refractivity contribution in [3.63, 3.8) is 0 Å². The summed E-state index contributed by atoms with van der Waals surface area (Å²) < 4.78 is 13.5. The fraction of sp³-hybridized carbons (Fsp3) is 0.294. The molecule has 0 aliphatic rings. The Morgan fingerprint density at radius 1 is 1.10 bits per heavy atom. The molecule has 2 aromatic carbocycles. The fourth-order valence-electron chi connectivity index (χ4n) is 2.62. The van der Waals surface area contributed by atoms with E-state index in [9.17, 15) is 4.39 Å². The van der Waals surface area contributed by atoms with Gasteiger partial charge in [-0.1, -0.05) is 30.7 Å². The van der Waals surface area contributed by atoms with Crippen LogP contribution in [0.4, 0.5) is 4.39 Å². The van der Waals surface area contributed by atoms with Crippen molar-refractivity contribution < 1.29 is 4.39 Å². The van der Waals surface area contributed by atoms with Gasteiger partial charge >= 0.3 is 0 Å². The third-order valence-corrected chi connectivity index (χ3v) is 3.71. The second-order valence-electron chi connectivity index (χ2n) is 5.00. The van der Waals surface area contributed by atoms with Crippen LogP contribution < -0.4 is 5.32 Å². The van der Waals surface area contributed by atoms with Gasteiger partial charge < -0.3 is 5.32 Å². The van der Waals surface area contributed by atoms with Crippen molar-refractivity contribution in [1.82, 2.24) is 5.32 Å². The summed E-state index contributed by atoms with van der Waals surface area (Å²) in [7, 11) is 0. The minimum absolute atomic E-state index is 0.0536. The van der Waals surface area contributed by atoms with E-state index < -0.39 is 0 Å². The van der Waals surface area contributed by atoms with Crippen molar-refractivity contribution in [3.8, 4) is 0 Å². The molecule has 0 bridgehead atoms. The van der Waals surface area contributed by atoms with E-state index in [-0.39, 0.29) is 11.9 Å². The summed E-state index contributed by atoms with van der Waals surface area (Å²) in [6, 6.07) is 11.0. The van der Waals surface area contributed by atoms with Crippen molar-refractivity contribution >= 4 is 11.6 Å². The van der Waals surface area contributed by atoms with Gasteiger partial charge in [-0.15, -0.1) is 0 Å². The Labute approximate surface area is 124 Å². The van der Waals surface area contributed by atoms with Gasteiger partial charge in [0.25, 0.3) is 0 Å². The molecule has 1 N–H and O–H groups in total. The van der Waals surface area contributed by atoms with E-state index in [0.29, 0.717) is 0 Å². The van der Waals surface area contributed by atoms with Crippen LogP contribution in [-0.4, -0.2) is 6.54 Å². The average Bonchev–Trinajstić information content (AvgIpc) is 2.37. The van der Waals surface area contributed by atoms with Crippen LogP contribution in [0.2, 0.25) is 5.02 Å². The summed E-state index contributed by atoms with van der Waals surface area (Å²) in [6.45, 7) is 6.80. The quantitative estimate of drug-likeness (QED) is 0.853. The highest BCUT2D eigenvalue weighted by Gasteiger charge is 2.18. The van der Waals surface area contributed by atoms with Crippen LogP contribution in [0, 0.1) is 19.7 Å². The van der Waals surface area contributed by atoms with Crippen molar-refractivity contribution in [3.05, 3.63) is 69.5 Å². The Balaban J connectivity index is 2.51. The summed E-state index contributed by atoms with van der Waals surface area (Å²) in [5, 5.41) is 4.19. The monoisotopic (exact) mass is 291 g/mol. The molecule has 1 nitrogen and oxygen atoms in total. The molecule has 0 saturated heterocycles. The maximum Gasteiger partial charge on any atom is 0.123 e. The molecule has 2 aromatic rings. The lowest BCUT2D eigenvalue weighted by molar-refractivity contribution is 0.606. The van der Waals surface area contributed by atoms with Crippen LogP contribution in [0.15, 0.2) is 36.4 Å². The van der Waals surface area contributed by atoms with Crippen molar-refractivity contribution in [2.45, 2.75) is 26.8 Å². The highest BCUT2D eigenvalue weighted by molar-refractivity contribution is 6.30. The molecule has 0 fully saturated rings. The maximum atomic E-state index is 13.5. The third-order valence-electron chi connectivity index (χ3n) is 3.46. The van der Waals surface area contributed by atoms with E-state index in [0.717, 1.165) is 33.8 Å². The van der Waals surface area contributed by atoms with E-state index in [1.165, 1.54) is 0 Å². The summed E-state index contributed by atoms with van der Waals surface area (Å²) in [6.07, 6.45) is 0. The lowest BCUT2D eigenvalue weighted by Gasteiger charge is -2.23. The Hall–Kier alpha value is -1.38. The zero-order valence-electron chi connectivity index (χ0n) is 12.0. The van der Waals surface area contributed by atoms with E-state index in [1.807, 2.05) is 38.1 Å². The number of hydrogen-bond acceptors (Lipinski definition) is 1. The number of aryl methyl sites for hydroxylation is 2. The second kappa shape index (κ2) is 6.38. The molecule has 1 unspecified atom stereocenters. The van der Waals surface area contributed by atoms with Crippen molar-refractivity contribution in [2.75, 3.05) is 6.54 Å². The van der Waals surface area contributed by atoms with Gasteiger partial charge in [-0.3, -0.25) is 0 Å². The fourth-order valence-corrected chi connectivity index (χ4v) is 2.75. The lowest BCUT2D eigenvalue weighted by atomic mass is 9.91.